The van der Waals surface area contributed by atoms with E-state index in [0.29, 0.717) is 5.69 Å². The van der Waals surface area contributed by atoms with Crippen LogP contribution in [0.4, 0.5) is 11.5 Å². The Balaban J connectivity index is 2.28. The fourth-order valence-corrected chi connectivity index (χ4v) is 1.72. The van der Waals surface area contributed by atoms with Crippen LogP contribution < -0.4 is 10.9 Å². The summed E-state index contributed by atoms with van der Waals surface area (Å²) in [5, 5.41) is 5.25. The van der Waals surface area contributed by atoms with Crippen molar-refractivity contribution in [2.24, 2.45) is 0 Å². The van der Waals surface area contributed by atoms with Crippen molar-refractivity contribution in [1.29, 1.82) is 0 Å². The standard InChI is InChI=1S/C12H11BrN2O4/c1-2-18-11(16)9-10(15-19-12(9)17)14-8-5-3-7(13)4-6-8/h3-6,14-15H,2H2,1H3. The molecule has 2 rings (SSSR count). The second-order valence-corrected chi connectivity index (χ2v) is 4.51. The molecule has 0 saturated carbocycles. The van der Waals surface area contributed by atoms with E-state index < -0.39 is 11.6 Å². The van der Waals surface area contributed by atoms with Gasteiger partial charge in [0.2, 0.25) is 0 Å². The molecule has 0 unspecified atom stereocenters. The van der Waals surface area contributed by atoms with Crippen LogP contribution in [-0.2, 0) is 4.74 Å². The molecule has 1 heterocycles. The maximum absolute atomic E-state index is 11.6. The van der Waals surface area contributed by atoms with Crippen LogP contribution in [-0.4, -0.2) is 17.7 Å². The predicted molar refractivity (Wildman–Crippen MR) is 72.7 cm³/mol. The van der Waals surface area contributed by atoms with Gasteiger partial charge in [0.05, 0.1) is 6.61 Å². The van der Waals surface area contributed by atoms with Gasteiger partial charge in [-0.1, -0.05) is 15.9 Å². The topological polar surface area (TPSA) is 84.3 Å². The highest BCUT2D eigenvalue weighted by molar-refractivity contribution is 9.10. The van der Waals surface area contributed by atoms with Gasteiger partial charge in [0, 0.05) is 10.2 Å². The Morgan fingerprint density at radius 3 is 2.74 bits per heavy atom. The number of carbonyl (C=O) groups excluding carboxylic acids is 1. The number of esters is 1. The molecule has 0 radical (unpaired) electrons. The van der Waals surface area contributed by atoms with Crippen molar-refractivity contribution in [2.45, 2.75) is 6.92 Å². The molecule has 0 aliphatic carbocycles. The summed E-state index contributed by atoms with van der Waals surface area (Å²) in [6.45, 7) is 1.84. The third-order valence-electron chi connectivity index (χ3n) is 2.29. The van der Waals surface area contributed by atoms with E-state index in [1.165, 1.54) is 0 Å². The van der Waals surface area contributed by atoms with Crippen LogP contribution in [0.2, 0.25) is 0 Å². The lowest BCUT2D eigenvalue weighted by atomic mass is 10.3. The van der Waals surface area contributed by atoms with E-state index in [1.807, 2.05) is 12.1 Å². The third kappa shape index (κ3) is 3.05. The minimum absolute atomic E-state index is 0.172. The number of carbonyl (C=O) groups is 1. The molecule has 7 heteroatoms. The first-order chi connectivity index (χ1) is 9.11. The van der Waals surface area contributed by atoms with Crippen molar-refractivity contribution in [1.82, 2.24) is 5.16 Å². The molecule has 1 aromatic heterocycles. The summed E-state index contributed by atoms with van der Waals surface area (Å²) >= 11 is 3.31. The van der Waals surface area contributed by atoms with Crippen molar-refractivity contribution in [3.8, 4) is 0 Å². The molecule has 0 atom stereocenters. The highest BCUT2D eigenvalue weighted by Crippen LogP contribution is 2.19. The molecule has 0 fully saturated rings. The van der Waals surface area contributed by atoms with E-state index >= 15 is 0 Å². The number of halogens is 1. The fourth-order valence-electron chi connectivity index (χ4n) is 1.46. The van der Waals surface area contributed by atoms with E-state index in [-0.39, 0.29) is 18.0 Å². The molecule has 2 aromatic rings. The smallest absolute Gasteiger partial charge is 0.374 e. The van der Waals surface area contributed by atoms with Gasteiger partial charge < -0.3 is 14.6 Å². The number of rotatable bonds is 4. The zero-order valence-electron chi connectivity index (χ0n) is 10.0. The van der Waals surface area contributed by atoms with E-state index in [0.717, 1.165) is 4.47 Å². The molecule has 100 valence electrons. The highest BCUT2D eigenvalue weighted by Gasteiger charge is 2.21. The maximum Gasteiger partial charge on any atom is 0.374 e. The van der Waals surface area contributed by atoms with Gasteiger partial charge in [-0.05, 0) is 31.2 Å². The van der Waals surface area contributed by atoms with Gasteiger partial charge in [-0.25, -0.2) is 14.7 Å². The maximum atomic E-state index is 11.6. The monoisotopic (exact) mass is 326 g/mol. The Labute approximate surface area is 116 Å². The molecule has 0 bridgehead atoms. The zero-order chi connectivity index (χ0) is 13.8. The van der Waals surface area contributed by atoms with Crippen LogP contribution in [0.5, 0.6) is 0 Å². The summed E-state index contributed by atoms with van der Waals surface area (Å²) in [5.41, 5.74) is -0.242. The molecule has 0 aliphatic rings. The second kappa shape index (κ2) is 5.75. The van der Waals surface area contributed by atoms with E-state index in [1.54, 1.807) is 19.1 Å². The van der Waals surface area contributed by atoms with Crippen molar-refractivity contribution in [3.63, 3.8) is 0 Å². The first kappa shape index (κ1) is 13.4. The number of anilines is 2. The summed E-state index contributed by atoms with van der Waals surface area (Å²) in [5.74, 6) is -0.553. The van der Waals surface area contributed by atoms with Crippen LogP contribution in [0.25, 0.3) is 0 Å². The van der Waals surface area contributed by atoms with Crippen LogP contribution in [0.15, 0.2) is 38.1 Å². The number of hydrogen-bond acceptors (Lipinski definition) is 5. The Hall–Kier alpha value is -2.02. The average Bonchev–Trinajstić information content (AvgIpc) is 2.74. The van der Waals surface area contributed by atoms with Crippen molar-refractivity contribution in [2.75, 3.05) is 11.9 Å². The van der Waals surface area contributed by atoms with E-state index in [2.05, 4.69) is 30.9 Å². The molecule has 1 aromatic carbocycles. The van der Waals surface area contributed by atoms with Crippen LogP contribution in [0.3, 0.4) is 0 Å². The van der Waals surface area contributed by atoms with Crippen LogP contribution in [0.1, 0.15) is 17.3 Å². The third-order valence-corrected chi connectivity index (χ3v) is 2.82. The minimum Gasteiger partial charge on any atom is -0.462 e. The van der Waals surface area contributed by atoms with Gasteiger partial charge >= 0.3 is 11.6 Å². The lowest BCUT2D eigenvalue weighted by molar-refractivity contribution is 0.0524. The van der Waals surface area contributed by atoms with Crippen molar-refractivity contribution >= 4 is 33.4 Å². The molecular formula is C12H11BrN2O4. The number of ether oxygens (including phenoxy) is 1. The number of H-pyrrole nitrogens is 1. The summed E-state index contributed by atoms with van der Waals surface area (Å²) in [6, 6.07) is 7.21. The molecule has 19 heavy (non-hydrogen) atoms. The fraction of sp³-hybridized carbons (Fsp3) is 0.167. The molecule has 0 saturated heterocycles. The van der Waals surface area contributed by atoms with Gasteiger partial charge in [0.15, 0.2) is 11.4 Å². The highest BCUT2D eigenvalue weighted by atomic mass is 79.9. The van der Waals surface area contributed by atoms with E-state index in [4.69, 9.17) is 4.74 Å². The SMILES string of the molecule is CCOC(=O)c1c(Nc2ccc(Br)cc2)[nH]oc1=O. The number of hydrogen-bond donors (Lipinski definition) is 2. The first-order valence-corrected chi connectivity index (χ1v) is 6.32. The Morgan fingerprint density at radius 2 is 2.11 bits per heavy atom. The molecule has 0 amide bonds. The first-order valence-electron chi connectivity index (χ1n) is 5.53. The van der Waals surface area contributed by atoms with Gasteiger partial charge in [-0.15, -0.1) is 0 Å². The largest absolute Gasteiger partial charge is 0.462 e. The molecule has 2 N–H and O–H groups in total. The van der Waals surface area contributed by atoms with E-state index in [9.17, 15) is 9.59 Å². The number of aromatic nitrogens is 1. The van der Waals surface area contributed by atoms with Crippen molar-refractivity contribution < 1.29 is 14.1 Å². The Morgan fingerprint density at radius 1 is 1.42 bits per heavy atom. The van der Waals surface area contributed by atoms with Gasteiger partial charge in [0.25, 0.3) is 0 Å². The predicted octanol–water partition coefficient (Wildman–Crippen LogP) is 2.65. The quantitative estimate of drug-likeness (QED) is 0.844. The normalized spacial score (nSPS) is 10.2. The molecular weight excluding hydrogens is 316 g/mol. The minimum atomic E-state index is -0.766. The lowest BCUT2D eigenvalue weighted by Crippen LogP contribution is -2.14. The summed E-state index contributed by atoms with van der Waals surface area (Å²) in [6.07, 6.45) is 0. The van der Waals surface area contributed by atoms with Gasteiger partial charge in [0.1, 0.15) is 0 Å². The summed E-state index contributed by atoms with van der Waals surface area (Å²) in [4.78, 5) is 23.1. The zero-order valence-corrected chi connectivity index (χ0v) is 11.6. The Bertz CT molecular complexity index is 630. The van der Waals surface area contributed by atoms with Gasteiger partial charge in [-0.3, -0.25) is 0 Å². The molecule has 0 aliphatic heterocycles. The Kier molecular flexibility index (Phi) is 4.06. The average molecular weight is 327 g/mol. The number of benzene rings is 1. The van der Waals surface area contributed by atoms with Crippen LogP contribution in [0, 0.1) is 0 Å². The van der Waals surface area contributed by atoms with Crippen LogP contribution >= 0.6 is 15.9 Å². The molecule has 0 spiro atoms. The van der Waals surface area contributed by atoms with Crippen molar-refractivity contribution in [3.05, 3.63) is 44.7 Å². The number of nitrogens with one attached hydrogen (secondary N) is 2. The number of aromatic amines is 1. The summed E-state index contributed by atoms with van der Waals surface area (Å²) < 4.78 is 10.3. The second-order valence-electron chi connectivity index (χ2n) is 3.59. The van der Waals surface area contributed by atoms with Gasteiger partial charge in [-0.2, -0.15) is 0 Å². The molecule has 6 nitrogen and oxygen atoms in total. The lowest BCUT2D eigenvalue weighted by Gasteiger charge is -2.05. The summed E-state index contributed by atoms with van der Waals surface area (Å²) in [7, 11) is 0.